The predicted molar refractivity (Wildman–Crippen MR) is 96.1 cm³/mol. The Hall–Kier alpha value is -2.58. The number of nitrogens with one attached hydrogen (secondary N) is 1. The Labute approximate surface area is 149 Å². The van der Waals surface area contributed by atoms with E-state index in [9.17, 15) is 4.79 Å². The van der Waals surface area contributed by atoms with Gasteiger partial charge in [0, 0.05) is 38.0 Å². The van der Waals surface area contributed by atoms with E-state index in [1.54, 1.807) is 43.2 Å². The number of amides is 1. The van der Waals surface area contributed by atoms with Gasteiger partial charge < -0.3 is 10.1 Å². The molecular formula is C17H19N5O2S. The molecule has 3 aromatic rings. The molecule has 0 aromatic carbocycles. The van der Waals surface area contributed by atoms with Crippen molar-refractivity contribution in [1.29, 1.82) is 0 Å². The third-order valence-electron chi connectivity index (χ3n) is 3.61. The molecule has 0 saturated carbocycles. The Morgan fingerprint density at radius 2 is 2.28 bits per heavy atom. The number of thiophene rings is 1. The van der Waals surface area contributed by atoms with Crippen LogP contribution in [-0.4, -0.2) is 45.9 Å². The normalized spacial score (nSPS) is 10.8. The SMILES string of the molecule is COCCC(=O)NCCn1ncc(-c2cnccn2)c1-c1cccs1. The monoisotopic (exact) mass is 357 g/mol. The van der Waals surface area contributed by atoms with Crippen molar-refractivity contribution in [2.75, 3.05) is 20.3 Å². The summed E-state index contributed by atoms with van der Waals surface area (Å²) in [6, 6.07) is 4.06. The molecule has 0 aliphatic carbocycles. The van der Waals surface area contributed by atoms with Crippen molar-refractivity contribution in [3.63, 3.8) is 0 Å². The number of carbonyl (C=O) groups is 1. The van der Waals surface area contributed by atoms with Gasteiger partial charge in [-0.2, -0.15) is 5.10 Å². The lowest BCUT2D eigenvalue weighted by Gasteiger charge is -2.09. The first-order valence-corrected chi connectivity index (χ1v) is 8.79. The number of hydrogen-bond donors (Lipinski definition) is 1. The molecule has 0 aliphatic rings. The maximum atomic E-state index is 11.7. The van der Waals surface area contributed by atoms with Crippen LogP contribution in [0.5, 0.6) is 0 Å². The summed E-state index contributed by atoms with van der Waals surface area (Å²) in [7, 11) is 1.58. The van der Waals surface area contributed by atoms with E-state index in [4.69, 9.17) is 4.74 Å². The molecule has 0 radical (unpaired) electrons. The molecule has 0 spiro atoms. The van der Waals surface area contributed by atoms with Gasteiger partial charge in [0.15, 0.2) is 0 Å². The van der Waals surface area contributed by atoms with Crippen LogP contribution in [0.4, 0.5) is 0 Å². The highest BCUT2D eigenvalue weighted by atomic mass is 32.1. The van der Waals surface area contributed by atoms with E-state index in [-0.39, 0.29) is 5.91 Å². The summed E-state index contributed by atoms with van der Waals surface area (Å²) < 4.78 is 6.80. The summed E-state index contributed by atoms with van der Waals surface area (Å²) in [6.07, 6.45) is 7.20. The molecule has 1 amide bonds. The third kappa shape index (κ3) is 4.28. The van der Waals surface area contributed by atoms with E-state index in [0.29, 0.717) is 26.1 Å². The highest BCUT2D eigenvalue weighted by Gasteiger charge is 2.16. The summed E-state index contributed by atoms with van der Waals surface area (Å²) in [5.41, 5.74) is 2.70. The van der Waals surface area contributed by atoms with Crippen LogP contribution in [0.25, 0.3) is 21.8 Å². The number of nitrogens with zero attached hydrogens (tertiary/aromatic N) is 4. The highest BCUT2D eigenvalue weighted by molar-refractivity contribution is 7.13. The molecule has 0 bridgehead atoms. The average molecular weight is 357 g/mol. The van der Waals surface area contributed by atoms with Gasteiger partial charge in [0.25, 0.3) is 0 Å². The van der Waals surface area contributed by atoms with Gasteiger partial charge in [-0.3, -0.25) is 19.4 Å². The van der Waals surface area contributed by atoms with Gasteiger partial charge in [0.1, 0.15) is 0 Å². The van der Waals surface area contributed by atoms with E-state index in [0.717, 1.165) is 21.8 Å². The van der Waals surface area contributed by atoms with Crippen molar-refractivity contribution < 1.29 is 9.53 Å². The van der Waals surface area contributed by atoms with Crippen molar-refractivity contribution in [2.45, 2.75) is 13.0 Å². The van der Waals surface area contributed by atoms with Gasteiger partial charge in [0.2, 0.25) is 5.91 Å². The maximum absolute atomic E-state index is 11.7. The first-order valence-electron chi connectivity index (χ1n) is 7.91. The van der Waals surface area contributed by atoms with Gasteiger partial charge in [-0.25, -0.2) is 0 Å². The van der Waals surface area contributed by atoms with Crippen LogP contribution in [-0.2, 0) is 16.1 Å². The summed E-state index contributed by atoms with van der Waals surface area (Å²) in [5, 5.41) is 9.40. The molecule has 25 heavy (non-hydrogen) atoms. The zero-order valence-electron chi connectivity index (χ0n) is 13.9. The minimum atomic E-state index is -0.0270. The van der Waals surface area contributed by atoms with Crippen LogP contribution in [0.1, 0.15) is 6.42 Å². The predicted octanol–water partition coefficient (Wildman–Crippen LogP) is 2.22. The van der Waals surface area contributed by atoms with Crippen LogP contribution in [0, 0.1) is 0 Å². The molecule has 0 unspecified atom stereocenters. The number of methoxy groups -OCH3 is 1. The van der Waals surface area contributed by atoms with Crippen molar-refractivity contribution >= 4 is 17.2 Å². The first-order chi connectivity index (χ1) is 12.3. The quantitative estimate of drug-likeness (QED) is 0.668. The highest BCUT2D eigenvalue weighted by Crippen LogP contribution is 2.33. The standard InChI is InChI=1S/C17H19N5O2S/c1-24-9-4-16(23)20-7-8-22-17(15-3-2-10-25-15)13(11-21-22)14-12-18-5-6-19-14/h2-3,5-6,10-12H,4,7-9H2,1H3,(H,20,23). The van der Waals surface area contributed by atoms with Crippen LogP contribution in [0.2, 0.25) is 0 Å². The molecular weight excluding hydrogens is 338 g/mol. The van der Waals surface area contributed by atoms with Crippen LogP contribution < -0.4 is 5.32 Å². The maximum Gasteiger partial charge on any atom is 0.222 e. The molecule has 3 rings (SSSR count). The molecule has 0 atom stereocenters. The number of hydrogen-bond acceptors (Lipinski definition) is 6. The Morgan fingerprint density at radius 3 is 3.00 bits per heavy atom. The van der Waals surface area contributed by atoms with Crippen molar-refractivity contribution in [1.82, 2.24) is 25.1 Å². The zero-order chi connectivity index (χ0) is 17.5. The van der Waals surface area contributed by atoms with Crippen molar-refractivity contribution in [2.24, 2.45) is 0 Å². The second-order valence-electron chi connectivity index (χ2n) is 5.29. The Kier molecular flexibility index (Phi) is 5.86. The van der Waals surface area contributed by atoms with E-state index < -0.39 is 0 Å². The fourth-order valence-corrected chi connectivity index (χ4v) is 3.23. The molecule has 3 aromatic heterocycles. The molecule has 0 saturated heterocycles. The van der Waals surface area contributed by atoms with Gasteiger partial charge in [-0.1, -0.05) is 6.07 Å². The van der Waals surface area contributed by atoms with E-state index in [1.165, 1.54) is 0 Å². The lowest BCUT2D eigenvalue weighted by atomic mass is 10.1. The van der Waals surface area contributed by atoms with Crippen LogP contribution >= 0.6 is 11.3 Å². The summed E-state index contributed by atoms with van der Waals surface area (Å²) >= 11 is 1.64. The fourth-order valence-electron chi connectivity index (χ4n) is 2.44. The Morgan fingerprint density at radius 1 is 1.36 bits per heavy atom. The number of carbonyl (C=O) groups excluding carboxylic acids is 1. The molecule has 3 heterocycles. The van der Waals surface area contributed by atoms with E-state index in [2.05, 4.69) is 26.4 Å². The number of ether oxygens (including phenoxy) is 1. The van der Waals surface area contributed by atoms with Crippen LogP contribution in [0.15, 0.2) is 42.3 Å². The van der Waals surface area contributed by atoms with E-state index >= 15 is 0 Å². The molecule has 1 N–H and O–H groups in total. The minimum Gasteiger partial charge on any atom is -0.384 e. The topological polar surface area (TPSA) is 81.9 Å². The van der Waals surface area contributed by atoms with Crippen molar-refractivity contribution in [3.05, 3.63) is 42.3 Å². The second kappa shape index (κ2) is 8.50. The summed E-state index contributed by atoms with van der Waals surface area (Å²) in [4.78, 5) is 21.3. The Balaban J connectivity index is 1.78. The van der Waals surface area contributed by atoms with Gasteiger partial charge in [0.05, 0.1) is 41.8 Å². The second-order valence-corrected chi connectivity index (χ2v) is 6.24. The van der Waals surface area contributed by atoms with Gasteiger partial charge >= 0.3 is 0 Å². The fraction of sp³-hybridized carbons (Fsp3) is 0.294. The molecule has 7 nitrogen and oxygen atoms in total. The lowest BCUT2D eigenvalue weighted by molar-refractivity contribution is -0.121. The van der Waals surface area contributed by atoms with Crippen molar-refractivity contribution in [3.8, 4) is 21.8 Å². The number of rotatable bonds is 8. The van der Waals surface area contributed by atoms with Crippen LogP contribution in [0.3, 0.4) is 0 Å². The Bertz CT molecular complexity index is 802. The molecule has 130 valence electrons. The number of aromatic nitrogens is 4. The third-order valence-corrected chi connectivity index (χ3v) is 4.49. The smallest absolute Gasteiger partial charge is 0.222 e. The van der Waals surface area contributed by atoms with E-state index in [1.807, 2.05) is 16.1 Å². The average Bonchev–Trinajstić information content (AvgIpc) is 3.30. The minimum absolute atomic E-state index is 0.0270. The zero-order valence-corrected chi connectivity index (χ0v) is 14.7. The lowest BCUT2D eigenvalue weighted by Crippen LogP contribution is -2.28. The van der Waals surface area contributed by atoms with Gasteiger partial charge in [-0.15, -0.1) is 11.3 Å². The first kappa shape index (κ1) is 17.2. The molecule has 8 heteroatoms. The molecule has 0 aliphatic heterocycles. The summed E-state index contributed by atoms with van der Waals surface area (Å²) in [6.45, 7) is 1.50. The largest absolute Gasteiger partial charge is 0.384 e. The van der Waals surface area contributed by atoms with Gasteiger partial charge in [-0.05, 0) is 11.4 Å². The molecule has 0 fully saturated rings. The summed E-state index contributed by atoms with van der Waals surface area (Å²) in [5.74, 6) is -0.0270.